The number of carbonyl (C=O) groups is 3. The lowest BCUT2D eigenvalue weighted by molar-refractivity contribution is -0.121. The topological polar surface area (TPSA) is 66.5 Å². The van der Waals surface area contributed by atoms with E-state index in [0.29, 0.717) is 17.7 Å². The average Bonchev–Trinajstić information content (AvgIpc) is 2.62. The summed E-state index contributed by atoms with van der Waals surface area (Å²) in [5.74, 6) is -1.24. The van der Waals surface area contributed by atoms with Crippen molar-refractivity contribution in [3.63, 3.8) is 0 Å². The quantitative estimate of drug-likeness (QED) is 0.622. The number of nitrogens with zero attached hydrogens (tertiary/aromatic N) is 1. The molecule has 0 fully saturated rings. The first-order chi connectivity index (χ1) is 8.65. The molecule has 18 heavy (non-hydrogen) atoms. The van der Waals surface area contributed by atoms with Gasteiger partial charge in [-0.15, -0.1) is 6.58 Å². The molecule has 1 aromatic carbocycles. The maximum Gasteiger partial charge on any atom is 0.262 e. The van der Waals surface area contributed by atoms with E-state index in [1.54, 1.807) is 24.3 Å². The molecule has 5 nitrogen and oxygen atoms in total. The Bertz CT molecular complexity index is 502. The molecule has 1 aliphatic rings. The van der Waals surface area contributed by atoms with Crippen molar-refractivity contribution in [3.05, 3.63) is 48.0 Å². The summed E-state index contributed by atoms with van der Waals surface area (Å²) in [6, 6.07) is 6.53. The summed E-state index contributed by atoms with van der Waals surface area (Å²) < 4.78 is 0. The normalized spacial score (nSPS) is 13.4. The molecule has 0 spiro atoms. The third-order valence-corrected chi connectivity index (χ3v) is 2.62. The first kappa shape index (κ1) is 12.0. The van der Waals surface area contributed by atoms with Crippen LogP contribution in [0.2, 0.25) is 0 Å². The van der Waals surface area contributed by atoms with Gasteiger partial charge in [-0.2, -0.15) is 0 Å². The zero-order valence-corrected chi connectivity index (χ0v) is 9.68. The lowest BCUT2D eigenvalue weighted by Gasteiger charge is -2.12. The Hall–Kier alpha value is -2.43. The molecule has 1 heterocycles. The number of imide groups is 1. The van der Waals surface area contributed by atoms with Gasteiger partial charge in [-0.1, -0.05) is 18.2 Å². The van der Waals surface area contributed by atoms with Crippen LogP contribution in [0.3, 0.4) is 0 Å². The molecule has 0 unspecified atom stereocenters. The number of rotatable bonds is 4. The van der Waals surface area contributed by atoms with Crippen LogP contribution in [0.15, 0.2) is 36.9 Å². The number of hydrogen-bond donors (Lipinski definition) is 1. The molecule has 1 aliphatic heterocycles. The Morgan fingerprint density at radius 2 is 1.78 bits per heavy atom. The largest absolute Gasteiger partial charge is 0.351 e. The minimum absolute atomic E-state index is 0.264. The average molecular weight is 244 g/mol. The van der Waals surface area contributed by atoms with Crippen LogP contribution in [0.25, 0.3) is 0 Å². The summed E-state index contributed by atoms with van der Waals surface area (Å²) >= 11 is 0. The molecule has 0 saturated carbocycles. The molecule has 5 heteroatoms. The van der Waals surface area contributed by atoms with Crippen LogP contribution in [0.1, 0.15) is 20.7 Å². The van der Waals surface area contributed by atoms with Crippen LogP contribution < -0.4 is 5.32 Å². The zero-order chi connectivity index (χ0) is 13.1. The molecule has 1 aromatic rings. The SMILES string of the molecule is C=CCNC(=O)CN1C(=O)c2ccccc2C1=O. The van der Waals surface area contributed by atoms with E-state index in [4.69, 9.17) is 0 Å². The van der Waals surface area contributed by atoms with Crippen molar-refractivity contribution < 1.29 is 14.4 Å². The fourth-order valence-corrected chi connectivity index (χ4v) is 1.77. The van der Waals surface area contributed by atoms with Gasteiger partial charge in [-0.05, 0) is 12.1 Å². The maximum absolute atomic E-state index is 11.9. The van der Waals surface area contributed by atoms with Gasteiger partial charge in [0, 0.05) is 6.54 Å². The monoisotopic (exact) mass is 244 g/mol. The fraction of sp³-hybridized carbons (Fsp3) is 0.154. The molecular weight excluding hydrogens is 232 g/mol. The van der Waals surface area contributed by atoms with Crippen LogP contribution in [-0.2, 0) is 4.79 Å². The molecule has 0 saturated heterocycles. The summed E-state index contributed by atoms with van der Waals surface area (Å²) in [4.78, 5) is 36.3. The highest BCUT2D eigenvalue weighted by Gasteiger charge is 2.35. The Morgan fingerprint density at radius 3 is 2.28 bits per heavy atom. The van der Waals surface area contributed by atoms with Crippen LogP contribution in [0, 0.1) is 0 Å². The Balaban J connectivity index is 2.14. The predicted molar refractivity (Wildman–Crippen MR) is 65.0 cm³/mol. The van der Waals surface area contributed by atoms with Crippen molar-refractivity contribution in [3.8, 4) is 0 Å². The van der Waals surface area contributed by atoms with Gasteiger partial charge in [0.05, 0.1) is 11.1 Å². The molecule has 1 N–H and O–H groups in total. The van der Waals surface area contributed by atoms with E-state index in [-0.39, 0.29) is 12.5 Å². The van der Waals surface area contributed by atoms with E-state index in [9.17, 15) is 14.4 Å². The molecule has 0 atom stereocenters. The van der Waals surface area contributed by atoms with Gasteiger partial charge in [0.1, 0.15) is 6.54 Å². The van der Waals surface area contributed by atoms with Gasteiger partial charge < -0.3 is 5.32 Å². The Morgan fingerprint density at radius 1 is 1.22 bits per heavy atom. The van der Waals surface area contributed by atoms with Crippen molar-refractivity contribution in [2.24, 2.45) is 0 Å². The summed E-state index contributed by atoms with van der Waals surface area (Å²) in [7, 11) is 0. The highest BCUT2D eigenvalue weighted by atomic mass is 16.2. The summed E-state index contributed by atoms with van der Waals surface area (Å²) in [6.45, 7) is 3.51. The number of hydrogen-bond acceptors (Lipinski definition) is 3. The van der Waals surface area contributed by atoms with Gasteiger partial charge in [-0.3, -0.25) is 19.3 Å². The molecule has 0 aliphatic carbocycles. The van der Waals surface area contributed by atoms with Crippen LogP contribution in [-0.4, -0.2) is 35.7 Å². The third-order valence-electron chi connectivity index (χ3n) is 2.62. The second kappa shape index (κ2) is 4.83. The van der Waals surface area contributed by atoms with Gasteiger partial charge in [0.25, 0.3) is 11.8 Å². The van der Waals surface area contributed by atoms with E-state index in [1.165, 1.54) is 6.08 Å². The van der Waals surface area contributed by atoms with E-state index >= 15 is 0 Å². The number of nitrogens with one attached hydrogen (secondary N) is 1. The zero-order valence-electron chi connectivity index (χ0n) is 9.68. The van der Waals surface area contributed by atoms with Gasteiger partial charge in [0.2, 0.25) is 5.91 Å². The second-order valence-electron chi connectivity index (χ2n) is 3.83. The molecule has 3 amide bonds. The lowest BCUT2D eigenvalue weighted by Crippen LogP contribution is -2.40. The van der Waals surface area contributed by atoms with Crippen molar-refractivity contribution in [1.29, 1.82) is 0 Å². The number of benzene rings is 1. The number of carbonyl (C=O) groups excluding carboxylic acids is 3. The minimum atomic E-state index is -0.427. The van der Waals surface area contributed by atoms with E-state index in [0.717, 1.165) is 4.90 Å². The van der Waals surface area contributed by atoms with Crippen molar-refractivity contribution in [2.75, 3.05) is 13.1 Å². The molecule has 0 aromatic heterocycles. The number of fused-ring (bicyclic) bond motifs is 1. The summed E-state index contributed by atoms with van der Waals surface area (Å²) in [5.41, 5.74) is 0.693. The fourth-order valence-electron chi connectivity index (χ4n) is 1.77. The molecular formula is C13H12N2O3. The molecule has 92 valence electrons. The second-order valence-corrected chi connectivity index (χ2v) is 3.83. The van der Waals surface area contributed by atoms with Crippen molar-refractivity contribution in [1.82, 2.24) is 10.2 Å². The van der Waals surface area contributed by atoms with Crippen molar-refractivity contribution in [2.45, 2.75) is 0 Å². The van der Waals surface area contributed by atoms with Gasteiger partial charge >= 0.3 is 0 Å². The van der Waals surface area contributed by atoms with Crippen molar-refractivity contribution >= 4 is 17.7 Å². The highest BCUT2D eigenvalue weighted by molar-refractivity contribution is 6.22. The lowest BCUT2D eigenvalue weighted by atomic mass is 10.1. The molecule has 2 rings (SSSR count). The van der Waals surface area contributed by atoms with E-state index in [2.05, 4.69) is 11.9 Å². The van der Waals surface area contributed by atoms with Crippen LogP contribution in [0.4, 0.5) is 0 Å². The van der Waals surface area contributed by atoms with Gasteiger partial charge in [0.15, 0.2) is 0 Å². The summed E-state index contributed by atoms with van der Waals surface area (Å²) in [6.07, 6.45) is 1.53. The summed E-state index contributed by atoms with van der Waals surface area (Å²) in [5, 5.41) is 2.52. The standard InChI is InChI=1S/C13H12N2O3/c1-2-7-14-11(16)8-15-12(17)9-5-3-4-6-10(9)13(15)18/h2-6H,1,7-8H2,(H,14,16). The predicted octanol–water partition coefficient (Wildman–Crippen LogP) is 0.585. The Kier molecular flexibility index (Phi) is 3.23. The number of amides is 3. The van der Waals surface area contributed by atoms with Crippen LogP contribution in [0.5, 0.6) is 0 Å². The highest BCUT2D eigenvalue weighted by Crippen LogP contribution is 2.21. The third kappa shape index (κ3) is 2.02. The molecule has 0 radical (unpaired) electrons. The molecule has 0 bridgehead atoms. The first-order valence-corrected chi connectivity index (χ1v) is 5.48. The maximum atomic E-state index is 11.9. The van der Waals surface area contributed by atoms with E-state index < -0.39 is 11.8 Å². The first-order valence-electron chi connectivity index (χ1n) is 5.48. The van der Waals surface area contributed by atoms with Gasteiger partial charge in [-0.25, -0.2) is 0 Å². The smallest absolute Gasteiger partial charge is 0.262 e. The Labute approximate surface area is 104 Å². The van der Waals surface area contributed by atoms with E-state index in [1.807, 2.05) is 0 Å². The van der Waals surface area contributed by atoms with Crippen LogP contribution >= 0.6 is 0 Å². The minimum Gasteiger partial charge on any atom is -0.351 e.